The van der Waals surface area contributed by atoms with E-state index in [-0.39, 0.29) is 29.7 Å². The number of hydrogen-bond acceptors (Lipinski definition) is 3. The Bertz CT molecular complexity index is 369. The molecular formula is C11H13NO4. The molecule has 2 bridgehead atoms. The molecule has 16 heavy (non-hydrogen) atoms. The Morgan fingerprint density at radius 1 is 0.938 bits per heavy atom. The third-order valence-electron chi connectivity index (χ3n) is 4.42. The fourth-order valence-corrected chi connectivity index (χ4v) is 3.76. The zero-order valence-corrected chi connectivity index (χ0v) is 8.48. The molecule has 2 saturated carbocycles. The Hall–Kier alpha value is -1.36. The van der Waals surface area contributed by atoms with E-state index < -0.39 is 23.8 Å². The van der Waals surface area contributed by atoms with Gasteiger partial charge in [-0.2, -0.15) is 0 Å². The molecule has 0 aliphatic heterocycles. The summed E-state index contributed by atoms with van der Waals surface area (Å²) in [6, 6.07) is -0.0174. The van der Waals surface area contributed by atoms with Crippen LogP contribution in [-0.4, -0.2) is 28.2 Å². The van der Waals surface area contributed by atoms with E-state index in [9.17, 15) is 9.59 Å². The molecule has 0 heterocycles. The van der Waals surface area contributed by atoms with Crippen LogP contribution in [0.25, 0.3) is 0 Å². The summed E-state index contributed by atoms with van der Waals surface area (Å²) >= 11 is 0. The maximum atomic E-state index is 11.2. The molecule has 2 fully saturated rings. The van der Waals surface area contributed by atoms with Crippen LogP contribution in [0.15, 0.2) is 12.2 Å². The van der Waals surface area contributed by atoms with Crippen LogP contribution in [0.5, 0.6) is 0 Å². The fraction of sp³-hybridized carbons (Fsp3) is 0.636. The van der Waals surface area contributed by atoms with Gasteiger partial charge in [-0.1, -0.05) is 12.2 Å². The lowest BCUT2D eigenvalue weighted by Crippen LogP contribution is -2.46. The standard InChI is InChI=1S/C11H13NO4/c12-9-5-3-1-2-4(6(5)9)8(11(15)16)7(3)10(13)14/h1-9H,12H2,(H,13,14)(H,15,16)/t3-,4-,5-,6-,7-,8+,9?/m1/s1. The van der Waals surface area contributed by atoms with Crippen molar-refractivity contribution in [3.63, 3.8) is 0 Å². The van der Waals surface area contributed by atoms with E-state index in [1.54, 1.807) is 0 Å². The first-order valence-corrected chi connectivity index (χ1v) is 5.43. The van der Waals surface area contributed by atoms with Gasteiger partial charge < -0.3 is 15.9 Å². The quantitative estimate of drug-likeness (QED) is 0.562. The summed E-state index contributed by atoms with van der Waals surface area (Å²) in [5, 5.41) is 18.3. The predicted octanol–water partition coefficient (Wildman–Crippen LogP) is -0.223. The SMILES string of the molecule is NC1[C@@H]2[C@H]3C=C[C@@H]([C@H](C(=O)O)[C@@H]3C(=O)O)[C@@H]12. The van der Waals surface area contributed by atoms with Crippen LogP contribution >= 0.6 is 0 Å². The molecule has 7 atom stereocenters. The van der Waals surface area contributed by atoms with Gasteiger partial charge in [-0.25, -0.2) is 0 Å². The van der Waals surface area contributed by atoms with Gasteiger partial charge in [0.1, 0.15) is 0 Å². The Morgan fingerprint density at radius 3 is 1.62 bits per heavy atom. The number of rotatable bonds is 2. The van der Waals surface area contributed by atoms with Gasteiger partial charge in [-0.15, -0.1) is 0 Å². The average Bonchev–Trinajstić information content (AvgIpc) is 2.92. The van der Waals surface area contributed by atoms with Crippen LogP contribution in [0.1, 0.15) is 0 Å². The van der Waals surface area contributed by atoms with Crippen LogP contribution in [0, 0.1) is 35.5 Å². The Labute approximate surface area is 91.9 Å². The number of carbonyl (C=O) groups is 2. The second kappa shape index (κ2) is 2.85. The third kappa shape index (κ3) is 0.988. The van der Waals surface area contributed by atoms with E-state index in [0.29, 0.717) is 0 Å². The van der Waals surface area contributed by atoms with E-state index in [4.69, 9.17) is 15.9 Å². The number of nitrogens with two attached hydrogens (primary N) is 1. The Kier molecular flexibility index (Phi) is 1.75. The van der Waals surface area contributed by atoms with Crippen LogP contribution in [0.3, 0.4) is 0 Å². The minimum absolute atomic E-state index is 0.0174. The van der Waals surface area contributed by atoms with Crippen LogP contribution in [-0.2, 0) is 9.59 Å². The molecule has 0 aromatic carbocycles. The number of allylic oxidation sites excluding steroid dienone is 2. The predicted molar refractivity (Wildman–Crippen MR) is 53.3 cm³/mol. The molecule has 4 rings (SSSR count). The van der Waals surface area contributed by atoms with E-state index in [1.807, 2.05) is 12.2 Å². The molecule has 0 aromatic heterocycles. The number of carboxylic acid groups (broad SMARTS) is 2. The lowest BCUT2D eigenvalue weighted by molar-refractivity contribution is -0.160. The second-order valence-electron chi connectivity index (χ2n) is 5.00. The van der Waals surface area contributed by atoms with Crippen molar-refractivity contribution in [2.45, 2.75) is 6.04 Å². The maximum Gasteiger partial charge on any atom is 0.308 e. The molecule has 0 radical (unpaired) electrons. The smallest absolute Gasteiger partial charge is 0.308 e. The topological polar surface area (TPSA) is 101 Å². The third-order valence-corrected chi connectivity index (χ3v) is 4.42. The van der Waals surface area contributed by atoms with Crippen molar-refractivity contribution in [2.24, 2.45) is 41.2 Å². The van der Waals surface area contributed by atoms with Crippen molar-refractivity contribution < 1.29 is 19.8 Å². The van der Waals surface area contributed by atoms with Gasteiger partial charge in [0.15, 0.2) is 0 Å². The maximum absolute atomic E-state index is 11.2. The van der Waals surface area contributed by atoms with Crippen molar-refractivity contribution in [1.82, 2.24) is 0 Å². The molecule has 0 saturated heterocycles. The summed E-state index contributed by atoms with van der Waals surface area (Å²) in [7, 11) is 0. The highest BCUT2D eigenvalue weighted by atomic mass is 16.4. The summed E-state index contributed by atoms with van der Waals surface area (Å²) < 4.78 is 0. The van der Waals surface area contributed by atoms with Crippen molar-refractivity contribution in [2.75, 3.05) is 0 Å². The lowest BCUT2D eigenvalue weighted by atomic mass is 9.62. The summed E-state index contributed by atoms with van der Waals surface area (Å²) in [4.78, 5) is 22.4. The number of carboxylic acids is 2. The molecule has 1 unspecified atom stereocenters. The molecule has 4 aliphatic carbocycles. The van der Waals surface area contributed by atoms with Gasteiger partial charge in [0.2, 0.25) is 0 Å². The summed E-state index contributed by atoms with van der Waals surface area (Å²) in [6.45, 7) is 0. The largest absolute Gasteiger partial charge is 0.481 e. The fourth-order valence-electron chi connectivity index (χ4n) is 3.76. The van der Waals surface area contributed by atoms with Crippen LogP contribution < -0.4 is 5.73 Å². The molecular weight excluding hydrogens is 210 g/mol. The highest BCUT2D eigenvalue weighted by Gasteiger charge is 2.67. The number of aliphatic carboxylic acids is 2. The van der Waals surface area contributed by atoms with Crippen LogP contribution in [0.4, 0.5) is 0 Å². The van der Waals surface area contributed by atoms with E-state index in [0.717, 1.165) is 0 Å². The Morgan fingerprint density at radius 2 is 1.31 bits per heavy atom. The van der Waals surface area contributed by atoms with Gasteiger partial charge in [0, 0.05) is 6.04 Å². The first-order chi connectivity index (χ1) is 7.54. The molecule has 5 nitrogen and oxygen atoms in total. The van der Waals surface area contributed by atoms with Crippen molar-refractivity contribution in [3.8, 4) is 0 Å². The zero-order valence-electron chi connectivity index (χ0n) is 8.48. The first-order valence-electron chi connectivity index (χ1n) is 5.43. The monoisotopic (exact) mass is 223 g/mol. The highest BCUT2D eigenvalue weighted by molar-refractivity contribution is 5.82. The molecule has 4 N–H and O–H groups in total. The summed E-state index contributed by atoms with van der Waals surface area (Å²) in [5.74, 6) is -3.64. The molecule has 0 spiro atoms. The number of fused-ring (bicyclic) bond motifs is 1. The van der Waals surface area contributed by atoms with Crippen LogP contribution in [0.2, 0.25) is 0 Å². The van der Waals surface area contributed by atoms with Crippen molar-refractivity contribution in [1.29, 1.82) is 0 Å². The van der Waals surface area contributed by atoms with Crippen molar-refractivity contribution in [3.05, 3.63) is 12.2 Å². The second-order valence-corrected chi connectivity index (χ2v) is 5.00. The number of hydrogen-bond donors (Lipinski definition) is 3. The normalized spacial score (nSPS) is 52.2. The van der Waals surface area contributed by atoms with Gasteiger partial charge >= 0.3 is 11.9 Å². The highest BCUT2D eigenvalue weighted by Crippen LogP contribution is 2.62. The summed E-state index contributed by atoms with van der Waals surface area (Å²) in [6.07, 6.45) is 3.72. The Balaban J connectivity index is 2.03. The van der Waals surface area contributed by atoms with Gasteiger partial charge in [-0.05, 0) is 23.7 Å². The molecule has 5 heteroatoms. The molecule has 4 aliphatic rings. The molecule has 0 aromatic rings. The van der Waals surface area contributed by atoms with Gasteiger partial charge in [0.05, 0.1) is 11.8 Å². The van der Waals surface area contributed by atoms with E-state index in [2.05, 4.69) is 0 Å². The van der Waals surface area contributed by atoms with Gasteiger partial charge in [0.25, 0.3) is 0 Å². The zero-order chi connectivity index (χ0) is 11.6. The first kappa shape index (κ1) is 9.84. The summed E-state index contributed by atoms with van der Waals surface area (Å²) in [5.41, 5.74) is 5.89. The molecule has 86 valence electrons. The average molecular weight is 223 g/mol. The van der Waals surface area contributed by atoms with E-state index in [1.165, 1.54) is 0 Å². The van der Waals surface area contributed by atoms with Crippen molar-refractivity contribution >= 4 is 11.9 Å². The molecule has 0 amide bonds. The minimum atomic E-state index is -1.01. The van der Waals surface area contributed by atoms with E-state index >= 15 is 0 Å². The van der Waals surface area contributed by atoms with Gasteiger partial charge in [-0.3, -0.25) is 9.59 Å². The lowest BCUT2D eigenvalue weighted by Gasteiger charge is -2.39. The minimum Gasteiger partial charge on any atom is -0.481 e.